The van der Waals surface area contributed by atoms with Crippen LogP contribution in [0.25, 0.3) is 0 Å². The van der Waals surface area contributed by atoms with E-state index in [0.29, 0.717) is 5.02 Å². The lowest BCUT2D eigenvalue weighted by Crippen LogP contribution is -1.98. The summed E-state index contributed by atoms with van der Waals surface area (Å²) in [5.41, 5.74) is 0.837. The molecule has 0 saturated heterocycles. The van der Waals surface area contributed by atoms with Crippen molar-refractivity contribution < 1.29 is 13.2 Å². The molecule has 0 aliphatic rings. The van der Waals surface area contributed by atoms with Gasteiger partial charge in [-0.25, -0.2) is 8.42 Å². The summed E-state index contributed by atoms with van der Waals surface area (Å²) >= 11 is 17.7. The fourth-order valence-corrected chi connectivity index (χ4v) is 3.60. The molecule has 0 aliphatic carbocycles. The van der Waals surface area contributed by atoms with Crippen LogP contribution in [0.4, 0.5) is 0 Å². The Labute approximate surface area is 141 Å². The highest BCUT2D eigenvalue weighted by atomic mass is 35.7. The minimum Gasteiger partial charge on any atom is -0.487 e. The topological polar surface area (TPSA) is 43.4 Å². The molecule has 0 bridgehead atoms. The molecular weight excluding hydrogens is 378 g/mol. The summed E-state index contributed by atoms with van der Waals surface area (Å²) < 4.78 is 28.1. The second kappa shape index (κ2) is 6.63. The molecule has 0 heterocycles. The van der Waals surface area contributed by atoms with Crippen LogP contribution in [-0.2, 0) is 15.7 Å². The monoisotopic (exact) mass is 384 g/mol. The van der Waals surface area contributed by atoms with Gasteiger partial charge in [-0.15, -0.1) is 0 Å². The van der Waals surface area contributed by atoms with Gasteiger partial charge in [0.1, 0.15) is 17.3 Å². The zero-order valence-electron chi connectivity index (χ0n) is 10.3. The number of ether oxygens (including phenoxy) is 1. The van der Waals surface area contributed by atoms with Gasteiger partial charge in [0, 0.05) is 21.8 Å². The molecule has 0 saturated carbocycles. The molecule has 0 atom stereocenters. The van der Waals surface area contributed by atoms with Crippen LogP contribution in [0, 0.1) is 0 Å². The molecule has 0 aromatic heterocycles. The minimum absolute atomic E-state index is 0.0597. The van der Waals surface area contributed by atoms with Crippen molar-refractivity contribution in [1.82, 2.24) is 0 Å². The number of benzene rings is 2. The first-order chi connectivity index (χ1) is 9.77. The highest BCUT2D eigenvalue weighted by Crippen LogP contribution is 2.35. The molecular formula is C13H8Cl4O3S. The summed E-state index contributed by atoms with van der Waals surface area (Å²) in [4.78, 5) is -0.258. The standard InChI is InChI=1S/C13H8Cl4O3S/c14-9-3-1-2-8(4-9)7-20-12-5-11(16)13(6-10(12)15)21(17,18)19/h1-6H,7H2. The highest BCUT2D eigenvalue weighted by Gasteiger charge is 2.18. The molecule has 0 fully saturated rings. The van der Waals surface area contributed by atoms with Crippen molar-refractivity contribution >= 4 is 54.5 Å². The Morgan fingerprint density at radius 3 is 2.33 bits per heavy atom. The quantitative estimate of drug-likeness (QED) is 0.683. The number of hydrogen-bond donors (Lipinski definition) is 0. The fraction of sp³-hybridized carbons (Fsp3) is 0.0769. The predicted molar refractivity (Wildman–Crippen MR) is 85.3 cm³/mol. The fourth-order valence-electron chi connectivity index (χ4n) is 1.60. The van der Waals surface area contributed by atoms with E-state index in [1.807, 2.05) is 6.07 Å². The van der Waals surface area contributed by atoms with E-state index < -0.39 is 9.05 Å². The Bertz CT molecular complexity index is 775. The van der Waals surface area contributed by atoms with E-state index in [-0.39, 0.29) is 27.3 Å². The van der Waals surface area contributed by atoms with Crippen LogP contribution in [0.5, 0.6) is 5.75 Å². The molecule has 0 amide bonds. The van der Waals surface area contributed by atoms with E-state index in [9.17, 15) is 8.42 Å². The van der Waals surface area contributed by atoms with Crippen molar-refractivity contribution in [1.29, 1.82) is 0 Å². The van der Waals surface area contributed by atoms with Gasteiger partial charge in [0.2, 0.25) is 0 Å². The zero-order valence-corrected chi connectivity index (χ0v) is 14.2. The van der Waals surface area contributed by atoms with E-state index in [2.05, 4.69) is 0 Å². The number of halogens is 4. The van der Waals surface area contributed by atoms with E-state index in [0.717, 1.165) is 11.6 Å². The Morgan fingerprint density at radius 1 is 1.00 bits per heavy atom. The first-order valence-corrected chi connectivity index (χ1v) is 9.02. The van der Waals surface area contributed by atoms with Gasteiger partial charge in [-0.2, -0.15) is 0 Å². The lowest BCUT2D eigenvalue weighted by atomic mass is 10.2. The predicted octanol–water partition coefficient (Wildman–Crippen LogP) is 5.15. The van der Waals surface area contributed by atoms with Crippen LogP contribution >= 0.6 is 45.5 Å². The molecule has 8 heteroatoms. The largest absolute Gasteiger partial charge is 0.487 e. The summed E-state index contributed by atoms with van der Waals surface area (Å²) in [6, 6.07) is 9.57. The third-order valence-electron chi connectivity index (χ3n) is 2.53. The van der Waals surface area contributed by atoms with Gasteiger partial charge in [-0.1, -0.05) is 46.9 Å². The van der Waals surface area contributed by atoms with Gasteiger partial charge >= 0.3 is 0 Å². The maximum absolute atomic E-state index is 11.3. The summed E-state index contributed by atoms with van der Waals surface area (Å²) in [5, 5.41) is 0.625. The average molecular weight is 386 g/mol. The van der Waals surface area contributed by atoms with Crippen molar-refractivity contribution in [2.45, 2.75) is 11.5 Å². The Balaban J connectivity index is 2.24. The smallest absolute Gasteiger partial charge is 0.262 e. The first kappa shape index (κ1) is 16.7. The molecule has 2 aromatic carbocycles. The molecule has 0 aliphatic heterocycles. The maximum atomic E-state index is 11.3. The molecule has 21 heavy (non-hydrogen) atoms. The molecule has 0 spiro atoms. The van der Waals surface area contributed by atoms with Crippen LogP contribution in [0.1, 0.15) is 5.56 Å². The Morgan fingerprint density at radius 2 is 1.71 bits per heavy atom. The minimum atomic E-state index is -3.96. The lowest BCUT2D eigenvalue weighted by Gasteiger charge is -2.10. The molecule has 112 valence electrons. The normalized spacial score (nSPS) is 11.4. The molecule has 2 rings (SSSR count). The van der Waals surface area contributed by atoms with Crippen molar-refractivity contribution in [3.8, 4) is 5.75 Å². The molecule has 0 radical (unpaired) electrons. The lowest BCUT2D eigenvalue weighted by molar-refractivity contribution is 0.306. The van der Waals surface area contributed by atoms with Gasteiger partial charge in [-0.05, 0) is 23.8 Å². The summed E-state index contributed by atoms with van der Waals surface area (Å²) in [7, 11) is 1.29. The molecule has 3 nitrogen and oxygen atoms in total. The van der Waals surface area contributed by atoms with Crippen molar-refractivity contribution in [2.75, 3.05) is 0 Å². The third-order valence-corrected chi connectivity index (χ3v) is 4.85. The van der Waals surface area contributed by atoms with Crippen molar-refractivity contribution in [3.63, 3.8) is 0 Å². The third kappa shape index (κ3) is 4.41. The van der Waals surface area contributed by atoms with Crippen molar-refractivity contribution in [3.05, 3.63) is 57.0 Å². The van der Waals surface area contributed by atoms with Gasteiger partial charge in [-0.3, -0.25) is 0 Å². The van der Waals surface area contributed by atoms with Crippen LogP contribution in [0.15, 0.2) is 41.3 Å². The summed E-state index contributed by atoms with van der Waals surface area (Å²) in [5.74, 6) is 0.255. The van der Waals surface area contributed by atoms with Gasteiger partial charge in [0.15, 0.2) is 0 Å². The van der Waals surface area contributed by atoms with Crippen molar-refractivity contribution in [2.24, 2.45) is 0 Å². The van der Waals surface area contributed by atoms with Crippen LogP contribution in [0.2, 0.25) is 15.1 Å². The van der Waals surface area contributed by atoms with Crippen LogP contribution in [-0.4, -0.2) is 8.42 Å². The Hall–Kier alpha value is -0.650. The van der Waals surface area contributed by atoms with Crippen LogP contribution in [0.3, 0.4) is 0 Å². The van der Waals surface area contributed by atoms with E-state index in [4.69, 9.17) is 50.2 Å². The molecule has 0 unspecified atom stereocenters. The highest BCUT2D eigenvalue weighted by molar-refractivity contribution is 8.13. The van der Waals surface area contributed by atoms with E-state index >= 15 is 0 Å². The van der Waals surface area contributed by atoms with Gasteiger partial charge < -0.3 is 4.74 Å². The van der Waals surface area contributed by atoms with Crippen LogP contribution < -0.4 is 4.74 Å². The second-order valence-corrected chi connectivity index (χ2v) is 7.85. The zero-order chi connectivity index (χ0) is 15.6. The molecule has 0 N–H and O–H groups in total. The average Bonchev–Trinajstić information content (AvgIpc) is 2.38. The maximum Gasteiger partial charge on any atom is 0.262 e. The van der Waals surface area contributed by atoms with E-state index in [1.165, 1.54) is 6.07 Å². The number of hydrogen-bond acceptors (Lipinski definition) is 3. The second-order valence-electron chi connectivity index (χ2n) is 4.07. The summed E-state index contributed by atoms with van der Waals surface area (Å²) in [6.07, 6.45) is 0. The first-order valence-electron chi connectivity index (χ1n) is 5.58. The van der Waals surface area contributed by atoms with Gasteiger partial charge in [0.05, 0.1) is 10.0 Å². The summed E-state index contributed by atoms with van der Waals surface area (Å²) in [6.45, 7) is 0.212. The Kier molecular flexibility index (Phi) is 5.28. The number of rotatable bonds is 4. The SMILES string of the molecule is O=S(=O)(Cl)c1cc(Cl)c(OCc2cccc(Cl)c2)cc1Cl. The molecule has 2 aromatic rings. The van der Waals surface area contributed by atoms with E-state index in [1.54, 1.807) is 18.2 Å². The van der Waals surface area contributed by atoms with Gasteiger partial charge in [0.25, 0.3) is 9.05 Å².